The quantitative estimate of drug-likeness (QED) is 0.218. The molecule has 3 N–H and O–H groups in total. The molecule has 3 fully saturated rings. The summed E-state index contributed by atoms with van der Waals surface area (Å²) in [5, 5.41) is 19.1. The van der Waals surface area contributed by atoms with Gasteiger partial charge in [-0.1, -0.05) is 83.1 Å². The molecule has 1 aliphatic heterocycles. The zero-order chi connectivity index (χ0) is 32.9. The van der Waals surface area contributed by atoms with Crippen LogP contribution in [0, 0.1) is 45.8 Å². The minimum absolute atomic E-state index is 0.246. The van der Waals surface area contributed by atoms with Crippen LogP contribution in [-0.2, 0) is 19.4 Å². The lowest BCUT2D eigenvalue weighted by atomic mass is 9.36. The molecular weight excluding hydrogens is 625 g/mol. The number of fused-ring (bicyclic) bond motifs is 5. The second-order valence-electron chi connectivity index (χ2n) is 17.4. The number of rotatable bonds is 2. The first-order chi connectivity index (χ1) is 23.3. The highest BCUT2D eigenvalue weighted by atomic mass is 33.1. The molecule has 8 rings (SSSR count). The minimum atomic E-state index is 0.246. The highest BCUT2D eigenvalue weighted by molar-refractivity contribution is 8.77. The maximum absolute atomic E-state index is 11.2. The van der Waals surface area contributed by atoms with Crippen LogP contribution in [0.3, 0.4) is 0 Å². The number of phenolic OH excluding ortho intramolecular Hbond substituents is 1. The first kappa shape index (κ1) is 33.5. The van der Waals surface area contributed by atoms with E-state index < -0.39 is 0 Å². The van der Waals surface area contributed by atoms with Crippen molar-refractivity contribution in [3.63, 3.8) is 0 Å². The number of hydrogen-bond donors (Lipinski definition) is 3. The molecule has 0 saturated heterocycles. The van der Waals surface area contributed by atoms with Crippen molar-refractivity contribution in [2.24, 2.45) is 45.8 Å². The Hall–Kier alpha value is -1.66. The van der Waals surface area contributed by atoms with Crippen molar-refractivity contribution in [1.29, 1.82) is 0 Å². The third kappa shape index (κ3) is 6.26. The molecule has 0 amide bonds. The predicted molar refractivity (Wildman–Crippen MR) is 205 cm³/mol. The van der Waals surface area contributed by atoms with E-state index in [2.05, 4.69) is 114 Å². The van der Waals surface area contributed by atoms with Gasteiger partial charge in [0.05, 0.1) is 0 Å². The molecule has 10 atom stereocenters. The van der Waals surface area contributed by atoms with E-state index >= 15 is 0 Å². The molecule has 6 aliphatic rings. The molecule has 0 radical (unpaired) electrons. The smallest absolute Gasteiger partial charge is 0.116 e. The summed E-state index contributed by atoms with van der Waals surface area (Å²) in [5.41, 5.74) is 6.31. The molecule has 2 aromatic carbocycles. The summed E-state index contributed by atoms with van der Waals surface area (Å²) in [6.45, 7) is 6.94. The monoisotopic (exact) mass is 682 g/mol. The van der Waals surface area contributed by atoms with Crippen molar-refractivity contribution in [3.05, 3.63) is 89.0 Å². The number of allylic oxidation sites excluding steroid dienone is 3. The van der Waals surface area contributed by atoms with Crippen molar-refractivity contribution < 1.29 is 5.11 Å². The highest BCUT2D eigenvalue weighted by Crippen LogP contribution is 2.74. The summed E-state index contributed by atoms with van der Waals surface area (Å²) in [4.78, 5) is 0. The van der Waals surface area contributed by atoms with Crippen LogP contribution in [0.2, 0.25) is 0 Å². The summed E-state index contributed by atoms with van der Waals surface area (Å²) in [5.74, 6) is 5.18. The molecule has 3 spiro atoms. The van der Waals surface area contributed by atoms with E-state index in [9.17, 15) is 5.11 Å². The van der Waals surface area contributed by atoms with Gasteiger partial charge in [0.25, 0.3) is 0 Å². The van der Waals surface area contributed by atoms with E-state index in [1.165, 1.54) is 86.6 Å². The highest BCUT2D eigenvalue weighted by Gasteiger charge is 2.66. The van der Waals surface area contributed by atoms with Gasteiger partial charge in [-0.2, -0.15) is 0 Å². The summed E-state index contributed by atoms with van der Waals surface area (Å²) in [6, 6.07) is 15.9. The molecule has 2 aromatic rings. The molecule has 5 bridgehead atoms. The third-order valence-corrected chi connectivity index (χ3v) is 16.9. The Labute approximate surface area is 298 Å². The van der Waals surface area contributed by atoms with Gasteiger partial charge in [-0.05, 0) is 166 Å². The van der Waals surface area contributed by atoms with E-state index in [4.69, 9.17) is 0 Å². The van der Waals surface area contributed by atoms with E-state index in [0.29, 0.717) is 40.2 Å². The van der Waals surface area contributed by atoms with Crippen LogP contribution in [0.5, 0.6) is 5.75 Å². The van der Waals surface area contributed by atoms with Gasteiger partial charge in [0.15, 0.2) is 0 Å². The van der Waals surface area contributed by atoms with Crippen LogP contribution in [-0.4, -0.2) is 35.7 Å². The van der Waals surface area contributed by atoms with Crippen molar-refractivity contribution in [2.45, 2.75) is 102 Å². The van der Waals surface area contributed by atoms with Crippen LogP contribution in [0.1, 0.15) is 93.9 Å². The largest absolute Gasteiger partial charge is 0.508 e. The number of hydrogen-bond acceptors (Lipinski definition) is 5. The van der Waals surface area contributed by atoms with Crippen molar-refractivity contribution in [3.8, 4) is 5.75 Å². The molecule has 5 heteroatoms. The number of benzene rings is 2. The maximum atomic E-state index is 11.2. The standard InChI is InChI=1S/C43H58N2OS2/c1-29-7-6-12-42(21-29)28-41(13-10-31(22-41)25-44-3)24-39-36-17-33-15-32(18-38(46)19-33)16-34-8-4-5-9-35(34)26-45-30(2)27-47-48-40-11-14-43(39,42)23-37(40)20-36/h4-6,8-9,11-12,14-15,18-19,29-31,36-37,39-40,44-46H,7,10,13,16-17,20-28H2,1-3H3. The van der Waals surface area contributed by atoms with Crippen LogP contribution in [0.15, 0.2) is 66.8 Å². The first-order valence-electron chi connectivity index (χ1n) is 19.2. The molecule has 258 valence electrons. The Morgan fingerprint density at radius 3 is 2.69 bits per heavy atom. The zero-order valence-corrected chi connectivity index (χ0v) is 31.2. The maximum Gasteiger partial charge on any atom is 0.116 e. The van der Waals surface area contributed by atoms with Gasteiger partial charge >= 0.3 is 0 Å². The average Bonchev–Trinajstić information content (AvgIpc) is 3.43. The topological polar surface area (TPSA) is 44.3 Å². The zero-order valence-electron chi connectivity index (χ0n) is 29.6. The molecule has 3 nitrogen and oxygen atoms in total. The van der Waals surface area contributed by atoms with Gasteiger partial charge < -0.3 is 15.7 Å². The van der Waals surface area contributed by atoms with Gasteiger partial charge in [-0.3, -0.25) is 0 Å². The molecule has 5 aliphatic carbocycles. The Morgan fingerprint density at radius 1 is 0.979 bits per heavy atom. The molecular formula is C43H58N2OS2. The van der Waals surface area contributed by atoms with E-state index in [-0.39, 0.29) is 10.8 Å². The van der Waals surface area contributed by atoms with Crippen LogP contribution < -0.4 is 10.6 Å². The fraction of sp³-hybridized carbons (Fsp3) is 0.628. The van der Waals surface area contributed by atoms with Crippen molar-refractivity contribution in [1.82, 2.24) is 10.6 Å². The SMILES string of the molecule is CNCC1CCC2(C1)CC1C3Cc4cc(O)cc(c4)Cc4ccccc4CNC(C)CSSC4C=CC1(CC4C3)C1(C=CCC(C)C1)C2. The van der Waals surface area contributed by atoms with Gasteiger partial charge in [0.2, 0.25) is 0 Å². The fourth-order valence-electron chi connectivity index (χ4n) is 12.2. The van der Waals surface area contributed by atoms with Gasteiger partial charge in [0.1, 0.15) is 5.75 Å². The second-order valence-corrected chi connectivity index (χ2v) is 20.0. The second kappa shape index (κ2) is 13.5. The fourth-order valence-corrected chi connectivity index (χ4v) is 15.2. The van der Waals surface area contributed by atoms with Gasteiger partial charge in [0, 0.05) is 29.0 Å². The van der Waals surface area contributed by atoms with Gasteiger partial charge in [-0.15, -0.1) is 0 Å². The van der Waals surface area contributed by atoms with Crippen molar-refractivity contribution in [2.75, 3.05) is 19.3 Å². The molecule has 0 aromatic heterocycles. The molecule has 48 heavy (non-hydrogen) atoms. The van der Waals surface area contributed by atoms with Crippen LogP contribution in [0.25, 0.3) is 0 Å². The Kier molecular flexibility index (Phi) is 9.40. The van der Waals surface area contributed by atoms with Gasteiger partial charge in [-0.25, -0.2) is 0 Å². The normalized spacial score (nSPS) is 40.9. The summed E-state index contributed by atoms with van der Waals surface area (Å²) < 4.78 is 0. The summed E-state index contributed by atoms with van der Waals surface area (Å²) in [6.07, 6.45) is 25.2. The predicted octanol–water partition coefficient (Wildman–Crippen LogP) is 9.74. The third-order valence-electron chi connectivity index (χ3n) is 13.9. The Bertz CT molecular complexity index is 1540. The summed E-state index contributed by atoms with van der Waals surface area (Å²) >= 11 is 0. The Morgan fingerprint density at radius 2 is 1.83 bits per heavy atom. The van der Waals surface area contributed by atoms with E-state index in [1.807, 2.05) is 6.07 Å². The van der Waals surface area contributed by atoms with E-state index in [0.717, 1.165) is 37.0 Å². The Balaban J connectivity index is 1.22. The van der Waals surface area contributed by atoms with Crippen molar-refractivity contribution >= 4 is 21.6 Å². The molecule has 3 saturated carbocycles. The number of phenols is 1. The summed E-state index contributed by atoms with van der Waals surface area (Å²) in [7, 11) is 6.40. The van der Waals surface area contributed by atoms with Crippen LogP contribution >= 0.6 is 21.6 Å². The lowest BCUT2D eigenvalue weighted by Gasteiger charge is -2.68. The minimum Gasteiger partial charge on any atom is -0.508 e. The molecule has 10 unspecified atom stereocenters. The number of nitrogens with one attached hydrogen (secondary N) is 2. The first-order valence-corrected chi connectivity index (χ1v) is 21.6. The number of aromatic hydroxyl groups is 1. The average molecular weight is 683 g/mol. The van der Waals surface area contributed by atoms with E-state index in [1.54, 1.807) is 0 Å². The lowest BCUT2D eigenvalue weighted by molar-refractivity contribution is -0.135. The lowest BCUT2D eigenvalue weighted by Crippen LogP contribution is -2.61. The molecule has 1 heterocycles. The van der Waals surface area contributed by atoms with Crippen LogP contribution in [0.4, 0.5) is 0 Å².